The van der Waals surface area contributed by atoms with Crippen LogP contribution in [0.25, 0.3) is 11.3 Å². The molecule has 0 spiro atoms. The molecule has 0 aromatic carbocycles. The van der Waals surface area contributed by atoms with Crippen LogP contribution >= 0.6 is 0 Å². The first-order valence-electron chi connectivity index (χ1n) is 7.95. The molecule has 0 aliphatic heterocycles. The zero-order valence-corrected chi connectivity index (χ0v) is 15.1. The van der Waals surface area contributed by atoms with Crippen molar-refractivity contribution >= 4 is 11.9 Å². The third kappa shape index (κ3) is 5.10. The number of ether oxygens (including phenoxy) is 2. The molecule has 0 aliphatic rings. The van der Waals surface area contributed by atoms with Crippen LogP contribution in [0.15, 0.2) is 18.5 Å². The van der Waals surface area contributed by atoms with E-state index in [4.69, 9.17) is 9.47 Å². The number of hydrogen-bond donors (Lipinski definition) is 0. The lowest BCUT2D eigenvalue weighted by Crippen LogP contribution is -2.28. The van der Waals surface area contributed by atoms with Crippen molar-refractivity contribution in [2.75, 3.05) is 6.61 Å². The Morgan fingerprint density at radius 3 is 2.40 bits per heavy atom. The van der Waals surface area contributed by atoms with Gasteiger partial charge in [0.1, 0.15) is 23.7 Å². The van der Waals surface area contributed by atoms with E-state index in [1.165, 1.54) is 4.68 Å². The summed E-state index contributed by atoms with van der Waals surface area (Å²) in [6.07, 6.45) is 3.22. The molecule has 2 aromatic heterocycles. The first-order valence-corrected chi connectivity index (χ1v) is 7.95. The van der Waals surface area contributed by atoms with Crippen LogP contribution in [0.4, 0.5) is 0 Å². The van der Waals surface area contributed by atoms with Gasteiger partial charge in [-0.05, 0) is 40.7 Å². The Bertz CT molecular complexity index is 760. The zero-order chi connectivity index (χ0) is 18.6. The van der Waals surface area contributed by atoms with Crippen molar-refractivity contribution in [3.05, 3.63) is 30.0 Å². The van der Waals surface area contributed by atoms with Crippen molar-refractivity contribution < 1.29 is 19.1 Å². The summed E-state index contributed by atoms with van der Waals surface area (Å²) in [5, 5.41) is 4.32. The van der Waals surface area contributed by atoms with E-state index < -0.39 is 17.5 Å². The van der Waals surface area contributed by atoms with E-state index in [-0.39, 0.29) is 18.8 Å². The molecule has 0 aliphatic carbocycles. The highest BCUT2D eigenvalue weighted by atomic mass is 16.6. The van der Waals surface area contributed by atoms with E-state index in [0.29, 0.717) is 17.1 Å². The SMILES string of the molecule is CCOC(=O)c1cc(-c2cnc(C)nc2)nn1CC(=O)OC(C)(C)C. The second kappa shape index (κ2) is 7.42. The van der Waals surface area contributed by atoms with Gasteiger partial charge < -0.3 is 9.47 Å². The molecule has 0 fully saturated rings. The largest absolute Gasteiger partial charge is 0.461 e. The van der Waals surface area contributed by atoms with Crippen LogP contribution in [-0.4, -0.2) is 43.9 Å². The Morgan fingerprint density at radius 2 is 1.84 bits per heavy atom. The predicted molar refractivity (Wildman–Crippen MR) is 89.8 cm³/mol. The topological polar surface area (TPSA) is 96.2 Å². The maximum Gasteiger partial charge on any atom is 0.356 e. The molecule has 2 rings (SSSR count). The van der Waals surface area contributed by atoms with Crippen LogP contribution < -0.4 is 0 Å². The molecule has 2 heterocycles. The molecule has 0 atom stereocenters. The van der Waals surface area contributed by atoms with E-state index in [2.05, 4.69) is 15.1 Å². The zero-order valence-electron chi connectivity index (χ0n) is 15.1. The molecule has 0 saturated carbocycles. The fraction of sp³-hybridized carbons (Fsp3) is 0.471. The van der Waals surface area contributed by atoms with Gasteiger partial charge in [-0.1, -0.05) is 0 Å². The first kappa shape index (κ1) is 18.6. The lowest BCUT2D eigenvalue weighted by molar-refractivity contribution is -0.155. The number of aryl methyl sites for hydroxylation is 1. The summed E-state index contributed by atoms with van der Waals surface area (Å²) >= 11 is 0. The lowest BCUT2D eigenvalue weighted by Gasteiger charge is -2.19. The minimum atomic E-state index is -0.623. The molecule has 25 heavy (non-hydrogen) atoms. The fourth-order valence-corrected chi connectivity index (χ4v) is 2.07. The number of rotatable bonds is 5. The number of carbonyl (C=O) groups is 2. The molecule has 0 saturated heterocycles. The highest BCUT2D eigenvalue weighted by Gasteiger charge is 2.22. The number of nitrogens with zero attached hydrogens (tertiary/aromatic N) is 4. The average molecular weight is 346 g/mol. The Kier molecular flexibility index (Phi) is 5.51. The molecular weight excluding hydrogens is 324 g/mol. The molecule has 0 amide bonds. The summed E-state index contributed by atoms with van der Waals surface area (Å²) in [4.78, 5) is 32.5. The van der Waals surface area contributed by atoms with E-state index in [0.717, 1.165) is 0 Å². The fourth-order valence-electron chi connectivity index (χ4n) is 2.07. The second-order valence-electron chi connectivity index (χ2n) is 6.40. The van der Waals surface area contributed by atoms with Gasteiger partial charge in [-0.25, -0.2) is 19.4 Å². The van der Waals surface area contributed by atoms with Gasteiger partial charge in [-0.3, -0.25) is 4.79 Å². The number of carbonyl (C=O) groups excluding carboxylic acids is 2. The highest BCUT2D eigenvalue weighted by Crippen LogP contribution is 2.19. The van der Waals surface area contributed by atoms with Crippen LogP contribution in [0.5, 0.6) is 0 Å². The van der Waals surface area contributed by atoms with Crippen molar-refractivity contribution in [1.29, 1.82) is 0 Å². The summed E-state index contributed by atoms with van der Waals surface area (Å²) in [5.41, 5.74) is 0.663. The Hall–Kier alpha value is -2.77. The molecule has 8 heteroatoms. The number of esters is 2. The van der Waals surface area contributed by atoms with Crippen LogP contribution in [0.2, 0.25) is 0 Å². The molecule has 0 unspecified atom stereocenters. The van der Waals surface area contributed by atoms with E-state index >= 15 is 0 Å². The standard InChI is InChI=1S/C17H22N4O4/c1-6-24-16(23)14-7-13(12-8-18-11(2)19-9-12)20-21(14)10-15(22)25-17(3,4)5/h7-9H,6,10H2,1-5H3. The van der Waals surface area contributed by atoms with Gasteiger partial charge in [0.25, 0.3) is 0 Å². The monoisotopic (exact) mass is 346 g/mol. The van der Waals surface area contributed by atoms with E-state index in [1.807, 2.05) is 0 Å². The molecule has 0 N–H and O–H groups in total. The van der Waals surface area contributed by atoms with Crippen molar-refractivity contribution in [3.8, 4) is 11.3 Å². The van der Waals surface area contributed by atoms with Gasteiger partial charge in [-0.2, -0.15) is 5.10 Å². The molecule has 0 radical (unpaired) electrons. The normalized spacial score (nSPS) is 11.2. The van der Waals surface area contributed by atoms with Crippen LogP contribution in [0.1, 0.15) is 44.0 Å². The quantitative estimate of drug-likeness (QED) is 0.765. The minimum absolute atomic E-state index is 0.170. The van der Waals surface area contributed by atoms with Crippen LogP contribution in [0, 0.1) is 6.92 Å². The minimum Gasteiger partial charge on any atom is -0.461 e. The van der Waals surface area contributed by atoms with Crippen molar-refractivity contribution in [3.63, 3.8) is 0 Å². The Morgan fingerprint density at radius 1 is 1.20 bits per heavy atom. The number of aromatic nitrogens is 4. The Labute approximate surface area is 146 Å². The molecule has 8 nitrogen and oxygen atoms in total. The predicted octanol–water partition coefficient (Wildman–Crippen LogP) is 2.17. The summed E-state index contributed by atoms with van der Waals surface area (Å²) < 4.78 is 11.6. The summed E-state index contributed by atoms with van der Waals surface area (Å²) in [6, 6.07) is 1.55. The Balaban J connectivity index is 2.34. The van der Waals surface area contributed by atoms with Crippen LogP contribution in [-0.2, 0) is 20.8 Å². The lowest BCUT2D eigenvalue weighted by atomic mass is 10.2. The van der Waals surface area contributed by atoms with Crippen molar-refractivity contribution in [2.24, 2.45) is 0 Å². The summed E-state index contributed by atoms with van der Waals surface area (Å²) in [6.45, 7) is 8.83. The van der Waals surface area contributed by atoms with Gasteiger partial charge in [-0.15, -0.1) is 0 Å². The first-order chi connectivity index (χ1) is 11.7. The van der Waals surface area contributed by atoms with Crippen molar-refractivity contribution in [1.82, 2.24) is 19.7 Å². The van der Waals surface area contributed by atoms with Gasteiger partial charge in [0.15, 0.2) is 0 Å². The third-order valence-corrected chi connectivity index (χ3v) is 3.04. The summed E-state index contributed by atoms with van der Waals surface area (Å²) in [5.74, 6) is -0.423. The van der Waals surface area contributed by atoms with Gasteiger partial charge in [0, 0.05) is 18.0 Å². The molecular formula is C17H22N4O4. The second-order valence-corrected chi connectivity index (χ2v) is 6.40. The smallest absolute Gasteiger partial charge is 0.356 e. The molecule has 0 bridgehead atoms. The molecule has 2 aromatic rings. The van der Waals surface area contributed by atoms with Gasteiger partial charge in [0.05, 0.1) is 12.3 Å². The number of hydrogen-bond acceptors (Lipinski definition) is 7. The van der Waals surface area contributed by atoms with Gasteiger partial charge >= 0.3 is 11.9 Å². The summed E-state index contributed by atoms with van der Waals surface area (Å²) in [7, 11) is 0. The highest BCUT2D eigenvalue weighted by molar-refractivity contribution is 5.89. The molecule has 134 valence electrons. The maximum absolute atomic E-state index is 12.2. The van der Waals surface area contributed by atoms with Crippen molar-refractivity contribution in [2.45, 2.75) is 46.8 Å². The average Bonchev–Trinajstić information content (AvgIpc) is 2.90. The van der Waals surface area contributed by atoms with E-state index in [1.54, 1.807) is 53.1 Å². The van der Waals surface area contributed by atoms with Crippen LogP contribution in [0.3, 0.4) is 0 Å². The van der Waals surface area contributed by atoms with Gasteiger partial charge in [0.2, 0.25) is 0 Å². The van der Waals surface area contributed by atoms with E-state index in [9.17, 15) is 9.59 Å². The maximum atomic E-state index is 12.2. The third-order valence-electron chi connectivity index (χ3n) is 3.04.